The molecule has 4 heteroatoms. The lowest BCUT2D eigenvalue weighted by Crippen LogP contribution is -2.10. The predicted octanol–water partition coefficient (Wildman–Crippen LogP) is 5.17. The number of rotatable bonds is 8. The fraction of sp³-hybridized carbons (Fsp3) is 0.409. The van der Waals surface area contributed by atoms with Gasteiger partial charge in [0, 0.05) is 6.42 Å². The lowest BCUT2D eigenvalue weighted by atomic mass is 10.1. The molecule has 0 N–H and O–H groups in total. The van der Waals surface area contributed by atoms with Gasteiger partial charge in [-0.25, -0.2) is 0 Å². The predicted molar refractivity (Wildman–Crippen MR) is 101 cm³/mol. The summed E-state index contributed by atoms with van der Waals surface area (Å²) in [6, 6.07) is 11.8. The monoisotopic (exact) mass is 354 g/mol. The van der Waals surface area contributed by atoms with Gasteiger partial charge in [0.05, 0.1) is 12.2 Å². The Labute approximate surface area is 155 Å². The molecule has 138 valence electrons. The summed E-state index contributed by atoms with van der Waals surface area (Å²) in [5.41, 5.74) is 3.27. The Morgan fingerprint density at radius 2 is 1.81 bits per heavy atom. The first-order valence-corrected chi connectivity index (χ1v) is 9.31. The molecule has 0 saturated heterocycles. The van der Waals surface area contributed by atoms with Crippen molar-refractivity contribution in [3.8, 4) is 17.2 Å². The molecule has 0 bridgehead atoms. The summed E-state index contributed by atoms with van der Waals surface area (Å²) < 4.78 is 17.4. The molecule has 0 amide bonds. The third kappa shape index (κ3) is 4.37. The van der Waals surface area contributed by atoms with E-state index in [2.05, 4.69) is 19.1 Å². The van der Waals surface area contributed by atoms with Crippen molar-refractivity contribution in [2.75, 3.05) is 6.61 Å². The van der Waals surface area contributed by atoms with E-state index in [4.69, 9.17) is 14.2 Å². The van der Waals surface area contributed by atoms with Gasteiger partial charge in [0.1, 0.15) is 23.9 Å². The fourth-order valence-corrected chi connectivity index (χ4v) is 2.93. The Balaban J connectivity index is 1.85. The van der Waals surface area contributed by atoms with E-state index in [-0.39, 0.29) is 5.97 Å². The molecule has 26 heavy (non-hydrogen) atoms. The largest absolute Gasteiger partial charge is 0.493 e. The number of aryl methyl sites for hydroxylation is 1. The molecule has 1 saturated carbocycles. The van der Waals surface area contributed by atoms with E-state index >= 15 is 0 Å². The van der Waals surface area contributed by atoms with E-state index in [0.29, 0.717) is 37.1 Å². The summed E-state index contributed by atoms with van der Waals surface area (Å²) >= 11 is 0. The van der Waals surface area contributed by atoms with Crippen molar-refractivity contribution in [3.05, 3.63) is 53.1 Å². The summed E-state index contributed by atoms with van der Waals surface area (Å²) in [5, 5.41) is 0. The van der Waals surface area contributed by atoms with Crippen LogP contribution in [0.4, 0.5) is 0 Å². The molecule has 0 radical (unpaired) electrons. The number of hydrogen-bond acceptors (Lipinski definition) is 4. The van der Waals surface area contributed by atoms with Gasteiger partial charge in [-0.05, 0) is 56.4 Å². The van der Waals surface area contributed by atoms with E-state index < -0.39 is 0 Å². The van der Waals surface area contributed by atoms with Crippen molar-refractivity contribution in [3.63, 3.8) is 0 Å². The van der Waals surface area contributed by atoms with Crippen molar-refractivity contribution in [1.82, 2.24) is 0 Å². The molecule has 2 aromatic rings. The minimum Gasteiger partial charge on any atom is -0.493 e. The Morgan fingerprint density at radius 3 is 2.50 bits per heavy atom. The second-order valence-electron chi connectivity index (χ2n) is 6.60. The second kappa shape index (κ2) is 8.26. The molecule has 0 aromatic heterocycles. The number of benzene rings is 2. The van der Waals surface area contributed by atoms with E-state index in [1.807, 2.05) is 25.1 Å². The summed E-state index contributed by atoms with van der Waals surface area (Å²) in [7, 11) is 0. The first-order valence-electron chi connectivity index (χ1n) is 9.31. The first-order chi connectivity index (χ1) is 12.6. The maximum absolute atomic E-state index is 11.8. The number of ether oxygens (including phenoxy) is 3. The third-order valence-corrected chi connectivity index (χ3v) is 4.46. The smallest absolute Gasteiger partial charge is 0.310 e. The molecule has 0 unspecified atom stereocenters. The van der Waals surface area contributed by atoms with Gasteiger partial charge in [-0.3, -0.25) is 4.79 Å². The van der Waals surface area contributed by atoms with Crippen LogP contribution in [0.2, 0.25) is 0 Å². The zero-order chi connectivity index (χ0) is 18.5. The first kappa shape index (κ1) is 18.3. The Bertz CT molecular complexity index is 778. The molecule has 1 aliphatic carbocycles. The van der Waals surface area contributed by atoms with E-state index in [1.165, 1.54) is 24.0 Å². The Hall–Kier alpha value is -2.49. The van der Waals surface area contributed by atoms with Crippen LogP contribution in [0.5, 0.6) is 17.2 Å². The quantitative estimate of drug-likeness (QED) is 0.485. The van der Waals surface area contributed by atoms with Crippen molar-refractivity contribution in [1.29, 1.82) is 0 Å². The van der Waals surface area contributed by atoms with Crippen LogP contribution in [0.3, 0.4) is 0 Å². The van der Waals surface area contributed by atoms with Crippen LogP contribution in [-0.2, 0) is 11.4 Å². The van der Waals surface area contributed by atoms with Gasteiger partial charge in [0.2, 0.25) is 0 Å². The molecular formula is C22H26O4. The van der Waals surface area contributed by atoms with Crippen LogP contribution in [0.25, 0.3) is 0 Å². The average Bonchev–Trinajstić information content (AvgIpc) is 3.47. The van der Waals surface area contributed by atoms with Gasteiger partial charge in [0.15, 0.2) is 0 Å². The summed E-state index contributed by atoms with van der Waals surface area (Å²) in [6.07, 6.45) is 2.76. The van der Waals surface area contributed by atoms with Crippen molar-refractivity contribution < 1.29 is 19.0 Å². The Morgan fingerprint density at radius 1 is 1.04 bits per heavy atom. The molecule has 4 nitrogen and oxygen atoms in total. The summed E-state index contributed by atoms with van der Waals surface area (Å²) in [4.78, 5) is 11.8. The molecule has 3 rings (SSSR count). The highest BCUT2D eigenvalue weighted by Gasteiger charge is 2.27. The molecular weight excluding hydrogens is 328 g/mol. The lowest BCUT2D eigenvalue weighted by molar-refractivity contribution is -0.134. The molecule has 1 fully saturated rings. The highest BCUT2D eigenvalue weighted by Crippen LogP contribution is 2.45. The van der Waals surface area contributed by atoms with Gasteiger partial charge in [-0.1, -0.05) is 30.7 Å². The average molecular weight is 354 g/mol. The van der Waals surface area contributed by atoms with Crippen molar-refractivity contribution >= 4 is 5.97 Å². The van der Waals surface area contributed by atoms with Crippen LogP contribution in [0.1, 0.15) is 55.7 Å². The summed E-state index contributed by atoms with van der Waals surface area (Å²) in [6.45, 7) is 6.64. The van der Waals surface area contributed by atoms with Crippen LogP contribution < -0.4 is 14.2 Å². The van der Waals surface area contributed by atoms with E-state index in [0.717, 1.165) is 11.3 Å². The van der Waals surface area contributed by atoms with E-state index in [1.54, 1.807) is 13.0 Å². The maximum Gasteiger partial charge on any atom is 0.310 e. The minimum absolute atomic E-state index is 0.270. The Kier molecular flexibility index (Phi) is 5.82. The highest BCUT2D eigenvalue weighted by molar-refractivity contribution is 5.72. The zero-order valence-corrected chi connectivity index (χ0v) is 15.7. The fourth-order valence-electron chi connectivity index (χ4n) is 2.93. The molecule has 0 spiro atoms. The van der Waals surface area contributed by atoms with Gasteiger partial charge >= 0.3 is 5.97 Å². The molecule has 0 aliphatic heterocycles. The van der Waals surface area contributed by atoms with E-state index in [9.17, 15) is 4.79 Å². The van der Waals surface area contributed by atoms with Gasteiger partial charge in [-0.2, -0.15) is 0 Å². The number of esters is 1. The number of hydrogen-bond donors (Lipinski definition) is 0. The lowest BCUT2D eigenvalue weighted by Gasteiger charge is -2.17. The number of carbonyl (C=O) groups is 1. The van der Waals surface area contributed by atoms with Crippen molar-refractivity contribution in [2.45, 2.75) is 52.6 Å². The minimum atomic E-state index is -0.270. The topological polar surface area (TPSA) is 44.8 Å². The van der Waals surface area contributed by atoms with Crippen LogP contribution in [0, 0.1) is 6.92 Å². The van der Waals surface area contributed by atoms with Gasteiger partial charge < -0.3 is 14.2 Å². The molecule has 1 aliphatic rings. The molecule has 2 aromatic carbocycles. The highest BCUT2D eigenvalue weighted by atomic mass is 16.5. The SMILES string of the molecule is CCOc1cccc(OC(=O)CC)c1COc1ccc(C)cc1C1CC1. The maximum atomic E-state index is 11.8. The summed E-state index contributed by atoms with van der Waals surface area (Å²) in [5.74, 6) is 2.42. The van der Waals surface area contributed by atoms with Crippen LogP contribution in [-0.4, -0.2) is 12.6 Å². The zero-order valence-electron chi connectivity index (χ0n) is 15.7. The third-order valence-electron chi connectivity index (χ3n) is 4.46. The van der Waals surface area contributed by atoms with Gasteiger partial charge in [-0.15, -0.1) is 0 Å². The van der Waals surface area contributed by atoms with Crippen LogP contribution in [0.15, 0.2) is 36.4 Å². The normalized spacial score (nSPS) is 13.3. The standard InChI is InChI=1S/C22H26O4/c1-4-22(23)26-21-8-6-7-19(24-5-2)18(21)14-25-20-12-9-15(3)13-17(20)16-10-11-16/h6-9,12-13,16H,4-5,10-11,14H2,1-3H3. The number of carbonyl (C=O) groups excluding carboxylic acids is 1. The van der Waals surface area contributed by atoms with Gasteiger partial charge in [0.25, 0.3) is 0 Å². The molecule has 0 atom stereocenters. The second-order valence-corrected chi connectivity index (χ2v) is 6.60. The molecule has 0 heterocycles. The van der Waals surface area contributed by atoms with Crippen LogP contribution >= 0.6 is 0 Å². The van der Waals surface area contributed by atoms with Crippen molar-refractivity contribution in [2.24, 2.45) is 0 Å².